The molecule has 0 amide bonds. The van der Waals surface area contributed by atoms with Crippen molar-refractivity contribution < 1.29 is 0 Å². The molecule has 1 N–H and O–H groups in total. The van der Waals surface area contributed by atoms with Crippen LogP contribution in [0.25, 0.3) is 0 Å². The molecule has 0 radical (unpaired) electrons. The Labute approximate surface area is 97.0 Å². The average Bonchev–Trinajstić information content (AvgIpc) is 2.26. The maximum Gasteiger partial charge on any atom is 0.0294 e. The molecule has 0 heterocycles. The molecule has 0 bridgehead atoms. The second-order valence-electron chi connectivity index (χ2n) is 3.83. The fourth-order valence-corrected chi connectivity index (χ4v) is 1.75. The average molecular weight is 221 g/mol. The van der Waals surface area contributed by atoms with Gasteiger partial charge in [-0.1, -0.05) is 24.3 Å². The number of thioether (sulfide) groups is 1. The molecule has 0 aliphatic carbocycles. The summed E-state index contributed by atoms with van der Waals surface area (Å²) in [5, 5.41) is 3.43. The molecule has 0 aromatic heterocycles. The summed E-state index contributed by atoms with van der Waals surface area (Å²) < 4.78 is 0. The smallest absolute Gasteiger partial charge is 0.0294 e. The van der Waals surface area contributed by atoms with Gasteiger partial charge in [-0.2, -0.15) is 0 Å². The summed E-state index contributed by atoms with van der Waals surface area (Å²) in [4.78, 5) is 1.31. The van der Waals surface area contributed by atoms with Crippen molar-refractivity contribution >= 4 is 11.8 Å². The highest BCUT2D eigenvalue weighted by atomic mass is 32.2. The lowest BCUT2D eigenvalue weighted by molar-refractivity contribution is 0.607. The molecule has 1 nitrogen and oxygen atoms in total. The Hall–Kier alpha value is -0.730. The fraction of sp³-hybridized carbons (Fsp3) is 0.385. The van der Waals surface area contributed by atoms with Crippen LogP contribution in [0.4, 0.5) is 0 Å². The Morgan fingerprint density at radius 1 is 1.40 bits per heavy atom. The molecule has 1 atom stereocenters. The fourth-order valence-electron chi connectivity index (χ4n) is 1.34. The lowest BCUT2D eigenvalue weighted by atomic mass is 10.1. The van der Waals surface area contributed by atoms with Gasteiger partial charge in [0.2, 0.25) is 0 Å². The van der Waals surface area contributed by atoms with E-state index in [4.69, 9.17) is 0 Å². The quantitative estimate of drug-likeness (QED) is 0.602. The Morgan fingerprint density at radius 2 is 2.00 bits per heavy atom. The van der Waals surface area contributed by atoms with Crippen LogP contribution in [-0.2, 0) is 0 Å². The van der Waals surface area contributed by atoms with Crippen molar-refractivity contribution in [2.24, 2.45) is 0 Å². The van der Waals surface area contributed by atoms with Crippen molar-refractivity contribution in [3.05, 3.63) is 42.0 Å². The van der Waals surface area contributed by atoms with E-state index in [0.29, 0.717) is 6.04 Å². The van der Waals surface area contributed by atoms with Crippen LogP contribution in [0.2, 0.25) is 0 Å². The molecule has 0 fully saturated rings. The summed E-state index contributed by atoms with van der Waals surface area (Å²) in [6.07, 6.45) is 2.09. The molecule has 0 aliphatic heterocycles. The van der Waals surface area contributed by atoms with E-state index in [1.54, 1.807) is 11.8 Å². The second-order valence-corrected chi connectivity index (χ2v) is 4.71. The van der Waals surface area contributed by atoms with Crippen LogP contribution >= 0.6 is 11.8 Å². The zero-order valence-corrected chi connectivity index (χ0v) is 10.5. The summed E-state index contributed by atoms with van der Waals surface area (Å²) in [6.45, 7) is 8.98. The van der Waals surface area contributed by atoms with Gasteiger partial charge in [-0.3, -0.25) is 0 Å². The number of rotatable bonds is 5. The van der Waals surface area contributed by atoms with E-state index >= 15 is 0 Å². The third kappa shape index (κ3) is 4.10. The predicted octanol–water partition coefficient (Wildman–Crippen LogP) is 3.64. The van der Waals surface area contributed by atoms with Crippen molar-refractivity contribution in [2.75, 3.05) is 12.8 Å². The highest BCUT2D eigenvalue weighted by Crippen LogP contribution is 2.18. The minimum atomic E-state index is 0.387. The topological polar surface area (TPSA) is 12.0 Å². The zero-order valence-electron chi connectivity index (χ0n) is 9.71. The van der Waals surface area contributed by atoms with Crippen molar-refractivity contribution in [1.82, 2.24) is 5.32 Å². The van der Waals surface area contributed by atoms with E-state index in [0.717, 1.165) is 6.54 Å². The van der Waals surface area contributed by atoms with Crippen LogP contribution < -0.4 is 5.32 Å². The van der Waals surface area contributed by atoms with Gasteiger partial charge in [0, 0.05) is 17.5 Å². The molecular formula is C13H19NS. The molecule has 0 saturated carbocycles. The second kappa shape index (κ2) is 5.99. The van der Waals surface area contributed by atoms with Crippen LogP contribution in [0.1, 0.15) is 25.5 Å². The number of hydrogen-bond acceptors (Lipinski definition) is 2. The van der Waals surface area contributed by atoms with Gasteiger partial charge in [-0.25, -0.2) is 0 Å². The lowest BCUT2D eigenvalue weighted by Gasteiger charge is -2.14. The standard InChI is InChI=1S/C13H19NS/c1-10(2)9-14-11(3)12-5-7-13(15-4)8-6-12/h5-8,11,14H,1,9H2,2-4H3. The third-order valence-electron chi connectivity index (χ3n) is 2.33. The van der Waals surface area contributed by atoms with Gasteiger partial charge in [-0.05, 0) is 37.8 Å². The summed E-state index contributed by atoms with van der Waals surface area (Å²) in [5.74, 6) is 0. The largest absolute Gasteiger partial charge is 0.306 e. The molecule has 1 aromatic carbocycles. The molecule has 1 aromatic rings. The number of hydrogen-bond donors (Lipinski definition) is 1. The van der Waals surface area contributed by atoms with Gasteiger partial charge >= 0.3 is 0 Å². The zero-order chi connectivity index (χ0) is 11.3. The predicted molar refractivity (Wildman–Crippen MR) is 69.5 cm³/mol. The minimum Gasteiger partial charge on any atom is -0.306 e. The molecule has 0 aliphatic rings. The van der Waals surface area contributed by atoms with Crippen LogP contribution in [0.5, 0.6) is 0 Å². The van der Waals surface area contributed by atoms with Crippen molar-refractivity contribution in [3.63, 3.8) is 0 Å². The summed E-state index contributed by atoms with van der Waals surface area (Å²) in [6, 6.07) is 9.08. The summed E-state index contributed by atoms with van der Waals surface area (Å²) >= 11 is 1.77. The van der Waals surface area contributed by atoms with Crippen molar-refractivity contribution in [3.8, 4) is 0 Å². The first-order valence-corrected chi connectivity index (χ1v) is 6.37. The van der Waals surface area contributed by atoms with E-state index in [1.807, 2.05) is 6.92 Å². The van der Waals surface area contributed by atoms with E-state index in [-0.39, 0.29) is 0 Å². The Morgan fingerprint density at radius 3 is 2.47 bits per heavy atom. The van der Waals surface area contributed by atoms with E-state index in [2.05, 4.69) is 49.3 Å². The highest BCUT2D eigenvalue weighted by molar-refractivity contribution is 7.98. The molecule has 1 unspecified atom stereocenters. The normalized spacial score (nSPS) is 12.5. The van der Waals surface area contributed by atoms with Crippen LogP contribution in [0, 0.1) is 0 Å². The molecule has 0 saturated heterocycles. The maximum absolute atomic E-state index is 3.88. The minimum absolute atomic E-state index is 0.387. The van der Waals surface area contributed by atoms with Crippen LogP contribution in [0.3, 0.4) is 0 Å². The third-order valence-corrected chi connectivity index (χ3v) is 3.07. The molecule has 0 spiro atoms. The van der Waals surface area contributed by atoms with Crippen LogP contribution in [-0.4, -0.2) is 12.8 Å². The van der Waals surface area contributed by atoms with Gasteiger partial charge < -0.3 is 5.32 Å². The molecule has 15 heavy (non-hydrogen) atoms. The Kier molecular flexibility index (Phi) is 4.92. The van der Waals surface area contributed by atoms with Gasteiger partial charge in [-0.15, -0.1) is 11.8 Å². The van der Waals surface area contributed by atoms with Gasteiger partial charge in [0.1, 0.15) is 0 Å². The van der Waals surface area contributed by atoms with Gasteiger partial charge in [0.15, 0.2) is 0 Å². The van der Waals surface area contributed by atoms with E-state index in [9.17, 15) is 0 Å². The maximum atomic E-state index is 3.88. The van der Waals surface area contributed by atoms with E-state index < -0.39 is 0 Å². The van der Waals surface area contributed by atoms with Crippen molar-refractivity contribution in [2.45, 2.75) is 24.8 Å². The Balaban J connectivity index is 2.57. The van der Waals surface area contributed by atoms with Gasteiger partial charge in [0.25, 0.3) is 0 Å². The van der Waals surface area contributed by atoms with Crippen molar-refractivity contribution in [1.29, 1.82) is 0 Å². The Bertz CT molecular complexity index is 316. The summed E-state index contributed by atoms with van der Waals surface area (Å²) in [5.41, 5.74) is 2.50. The molecular weight excluding hydrogens is 202 g/mol. The highest BCUT2D eigenvalue weighted by Gasteiger charge is 2.03. The first-order valence-electron chi connectivity index (χ1n) is 5.15. The first kappa shape index (κ1) is 12.3. The first-order chi connectivity index (χ1) is 7.13. The molecule has 82 valence electrons. The number of nitrogens with one attached hydrogen (secondary N) is 1. The number of benzene rings is 1. The van der Waals surface area contributed by atoms with Gasteiger partial charge in [0.05, 0.1) is 0 Å². The van der Waals surface area contributed by atoms with Crippen LogP contribution in [0.15, 0.2) is 41.3 Å². The summed E-state index contributed by atoms with van der Waals surface area (Å²) in [7, 11) is 0. The monoisotopic (exact) mass is 221 g/mol. The lowest BCUT2D eigenvalue weighted by Crippen LogP contribution is -2.20. The molecule has 2 heteroatoms. The SMILES string of the molecule is C=C(C)CNC(C)c1ccc(SC)cc1. The van der Waals surface area contributed by atoms with E-state index in [1.165, 1.54) is 16.0 Å². The molecule has 1 rings (SSSR count).